The van der Waals surface area contributed by atoms with Gasteiger partial charge in [-0.3, -0.25) is 14.4 Å². The van der Waals surface area contributed by atoms with Crippen LogP contribution in [0.3, 0.4) is 0 Å². The van der Waals surface area contributed by atoms with Gasteiger partial charge in [0.2, 0.25) is 11.8 Å². The number of hydrogen-bond acceptors (Lipinski definition) is 5. The summed E-state index contributed by atoms with van der Waals surface area (Å²) in [4.78, 5) is 39.4. The zero-order valence-electron chi connectivity index (χ0n) is 19.8. The molecule has 5 atom stereocenters. The van der Waals surface area contributed by atoms with Crippen LogP contribution in [0.2, 0.25) is 0 Å². The second-order valence-corrected chi connectivity index (χ2v) is 10.4. The summed E-state index contributed by atoms with van der Waals surface area (Å²) in [5.41, 5.74) is 5.22. The van der Waals surface area contributed by atoms with Gasteiger partial charge in [-0.2, -0.15) is 0 Å². The highest BCUT2D eigenvalue weighted by Gasteiger charge is 2.68. The summed E-state index contributed by atoms with van der Waals surface area (Å²) in [6, 6.07) is 7.99. The number of benzene rings is 1. The number of nitrogens with two attached hydrogens (primary N) is 1. The number of epoxide rings is 1. The lowest BCUT2D eigenvalue weighted by Gasteiger charge is -2.26. The Labute approximate surface area is 190 Å². The molecule has 1 aliphatic carbocycles. The molecule has 4 N–H and O–H groups in total. The lowest BCUT2D eigenvalue weighted by Crippen LogP contribution is -2.58. The highest BCUT2D eigenvalue weighted by Crippen LogP contribution is 2.53. The van der Waals surface area contributed by atoms with E-state index in [9.17, 15) is 14.4 Å². The molecule has 7 heteroatoms. The van der Waals surface area contributed by atoms with Crippen molar-refractivity contribution in [3.8, 4) is 0 Å². The molecule has 7 nitrogen and oxygen atoms in total. The van der Waals surface area contributed by atoms with Crippen molar-refractivity contribution in [1.82, 2.24) is 10.6 Å². The molecule has 0 bridgehead atoms. The Hall–Kier alpha value is -2.25. The number of hydrogen-bond donors (Lipinski definition) is 3. The average molecular weight is 444 g/mol. The second-order valence-electron chi connectivity index (χ2n) is 10.4. The van der Waals surface area contributed by atoms with Crippen molar-refractivity contribution in [2.24, 2.45) is 23.5 Å². The molecule has 2 aliphatic rings. The molecule has 176 valence electrons. The van der Waals surface area contributed by atoms with Crippen LogP contribution in [0.25, 0.3) is 0 Å². The lowest BCUT2D eigenvalue weighted by molar-refractivity contribution is -0.134. The quantitative estimate of drug-likeness (QED) is 0.453. The SMILES string of the molecule is CC(C)C[C@H](N)C(=O)N[C@@H](Cc1ccccc1)C(=O)NC1(C(=O)[C@@]2(C)CO2)CC1C(C)C. The first kappa shape index (κ1) is 24.4. The fourth-order valence-corrected chi connectivity index (χ4v) is 4.53. The summed E-state index contributed by atoms with van der Waals surface area (Å²) in [6.07, 6.45) is 1.43. The van der Waals surface area contributed by atoms with E-state index in [2.05, 4.69) is 24.5 Å². The van der Waals surface area contributed by atoms with E-state index in [1.165, 1.54) is 0 Å². The molecule has 1 aliphatic heterocycles. The minimum atomic E-state index is -0.934. The third kappa shape index (κ3) is 5.38. The molecule has 1 saturated carbocycles. The van der Waals surface area contributed by atoms with Crippen LogP contribution in [0.5, 0.6) is 0 Å². The largest absolute Gasteiger partial charge is 0.361 e. The number of rotatable bonds is 11. The number of Topliss-reactive ketones (excluding diaryl/α,β-unsaturated/α-hetero) is 1. The van der Waals surface area contributed by atoms with Crippen molar-refractivity contribution >= 4 is 17.6 Å². The van der Waals surface area contributed by atoms with Gasteiger partial charge in [-0.25, -0.2) is 0 Å². The van der Waals surface area contributed by atoms with E-state index in [0.717, 1.165) is 5.56 Å². The average Bonchev–Trinajstić information content (AvgIpc) is 3.64. The Kier molecular flexibility index (Phi) is 7.10. The second kappa shape index (κ2) is 9.32. The van der Waals surface area contributed by atoms with Crippen molar-refractivity contribution < 1.29 is 19.1 Å². The van der Waals surface area contributed by atoms with E-state index in [4.69, 9.17) is 10.5 Å². The van der Waals surface area contributed by atoms with Crippen molar-refractivity contribution in [3.05, 3.63) is 35.9 Å². The molecule has 1 aromatic rings. The smallest absolute Gasteiger partial charge is 0.243 e. The maximum atomic E-state index is 13.4. The number of nitrogens with one attached hydrogen (secondary N) is 2. The topological polar surface area (TPSA) is 114 Å². The molecule has 2 fully saturated rings. The number of carbonyl (C=O) groups is 3. The molecule has 1 heterocycles. The van der Waals surface area contributed by atoms with Crippen LogP contribution >= 0.6 is 0 Å². The first-order valence-corrected chi connectivity index (χ1v) is 11.6. The van der Waals surface area contributed by atoms with Crippen molar-refractivity contribution in [1.29, 1.82) is 0 Å². The molecular formula is C25H37N3O4. The van der Waals surface area contributed by atoms with Crippen molar-refractivity contribution in [2.45, 2.75) is 77.1 Å². The molecule has 3 rings (SSSR count). The number of ether oxygens (including phenoxy) is 1. The number of amides is 2. The maximum Gasteiger partial charge on any atom is 0.243 e. The van der Waals surface area contributed by atoms with Gasteiger partial charge in [0.05, 0.1) is 12.6 Å². The van der Waals surface area contributed by atoms with Gasteiger partial charge in [0.15, 0.2) is 5.78 Å². The zero-order valence-corrected chi connectivity index (χ0v) is 19.8. The van der Waals surface area contributed by atoms with Gasteiger partial charge in [0.1, 0.15) is 17.2 Å². The lowest BCUT2D eigenvalue weighted by atomic mass is 9.92. The van der Waals surface area contributed by atoms with Crippen LogP contribution in [-0.2, 0) is 25.5 Å². The summed E-state index contributed by atoms with van der Waals surface area (Å²) in [5.74, 6) is -0.239. The summed E-state index contributed by atoms with van der Waals surface area (Å²) >= 11 is 0. The van der Waals surface area contributed by atoms with Gasteiger partial charge >= 0.3 is 0 Å². The Morgan fingerprint density at radius 2 is 1.75 bits per heavy atom. The first-order valence-electron chi connectivity index (χ1n) is 11.6. The fourth-order valence-electron chi connectivity index (χ4n) is 4.53. The van der Waals surface area contributed by atoms with E-state index in [0.29, 0.717) is 25.9 Å². The molecular weight excluding hydrogens is 406 g/mol. The summed E-state index contributed by atoms with van der Waals surface area (Å²) in [7, 11) is 0. The highest BCUT2D eigenvalue weighted by molar-refractivity contribution is 6.04. The van der Waals surface area contributed by atoms with E-state index < -0.39 is 23.2 Å². The minimum Gasteiger partial charge on any atom is -0.361 e. The van der Waals surface area contributed by atoms with E-state index in [1.807, 2.05) is 44.2 Å². The van der Waals surface area contributed by atoms with Crippen molar-refractivity contribution in [2.75, 3.05) is 6.61 Å². The van der Waals surface area contributed by atoms with E-state index in [-0.39, 0.29) is 35.4 Å². The van der Waals surface area contributed by atoms with Gasteiger partial charge in [-0.05, 0) is 43.1 Å². The van der Waals surface area contributed by atoms with E-state index >= 15 is 0 Å². The Bertz CT molecular complexity index is 850. The standard InChI is InChI=1S/C25H37N3O4/c1-15(2)11-19(26)21(29)27-20(12-17-9-7-6-8-10-17)22(30)28-25(13-18(25)16(3)4)23(31)24(5)14-32-24/h6-10,15-16,18-20H,11-14,26H2,1-5H3,(H,27,29)(H,28,30)/t18?,19-,20-,24+,25?/m0/s1. The van der Waals surface area contributed by atoms with Gasteiger partial charge in [0.25, 0.3) is 0 Å². The maximum absolute atomic E-state index is 13.4. The van der Waals surface area contributed by atoms with Crippen molar-refractivity contribution in [3.63, 3.8) is 0 Å². The third-order valence-electron chi connectivity index (χ3n) is 6.61. The monoisotopic (exact) mass is 443 g/mol. The normalized spacial score (nSPS) is 28.2. The van der Waals surface area contributed by atoms with Crippen LogP contribution in [0, 0.1) is 17.8 Å². The van der Waals surface area contributed by atoms with Crippen LogP contribution in [0.4, 0.5) is 0 Å². The predicted molar refractivity (Wildman–Crippen MR) is 123 cm³/mol. The van der Waals surface area contributed by atoms with E-state index in [1.54, 1.807) is 6.92 Å². The van der Waals surface area contributed by atoms with Crippen LogP contribution in [0.15, 0.2) is 30.3 Å². The molecule has 2 amide bonds. The molecule has 0 spiro atoms. The van der Waals surface area contributed by atoms with Gasteiger partial charge < -0.3 is 21.1 Å². The molecule has 2 unspecified atom stereocenters. The van der Waals surface area contributed by atoms with Gasteiger partial charge in [0, 0.05) is 6.42 Å². The Morgan fingerprint density at radius 1 is 1.12 bits per heavy atom. The predicted octanol–water partition coefficient (Wildman–Crippen LogP) is 1.98. The Morgan fingerprint density at radius 3 is 2.25 bits per heavy atom. The zero-order chi connectivity index (χ0) is 23.7. The Balaban J connectivity index is 1.79. The summed E-state index contributed by atoms with van der Waals surface area (Å²) in [6.45, 7) is 10.2. The fraction of sp³-hybridized carbons (Fsp3) is 0.640. The number of ketones is 1. The molecule has 1 aromatic carbocycles. The van der Waals surface area contributed by atoms with Crippen LogP contribution in [0.1, 0.15) is 53.0 Å². The molecule has 0 radical (unpaired) electrons. The number of carbonyl (C=O) groups excluding carboxylic acids is 3. The molecule has 32 heavy (non-hydrogen) atoms. The highest BCUT2D eigenvalue weighted by atomic mass is 16.6. The molecule has 0 aromatic heterocycles. The van der Waals surface area contributed by atoms with Gasteiger partial charge in [-0.1, -0.05) is 58.0 Å². The van der Waals surface area contributed by atoms with Gasteiger partial charge in [-0.15, -0.1) is 0 Å². The third-order valence-corrected chi connectivity index (χ3v) is 6.61. The minimum absolute atomic E-state index is 0.0521. The summed E-state index contributed by atoms with van der Waals surface area (Å²) in [5, 5.41) is 5.87. The molecule has 1 saturated heterocycles. The van der Waals surface area contributed by atoms with Crippen LogP contribution < -0.4 is 16.4 Å². The first-order chi connectivity index (χ1) is 15.0. The van der Waals surface area contributed by atoms with Crippen LogP contribution in [-0.4, -0.2) is 47.4 Å². The summed E-state index contributed by atoms with van der Waals surface area (Å²) < 4.78 is 5.40.